The zero-order valence-corrected chi connectivity index (χ0v) is 11.9. The van der Waals surface area contributed by atoms with Crippen LogP contribution in [0.1, 0.15) is 38.7 Å². The topological polar surface area (TPSA) is 46.2 Å². The van der Waals surface area contributed by atoms with E-state index < -0.39 is 5.41 Å². The van der Waals surface area contributed by atoms with E-state index in [9.17, 15) is 14.0 Å². The van der Waals surface area contributed by atoms with Gasteiger partial charge in [0.25, 0.3) is 0 Å². The third kappa shape index (κ3) is 3.06. The summed E-state index contributed by atoms with van der Waals surface area (Å²) in [5.74, 6) is -0.915. The Morgan fingerprint density at radius 2 is 2.15 bits per heavy atom. The van der Waals surface area contributed by atoms with Crippen LogP contribution < -0.4 is 5.32 Å². The van der Waals surface area contributed by atoms with E-state index in [0.717, 1.165) is 18.4 Å². The Morgan fingerprint density at radius 3 is 2.80 bits per heavy atom. The number of rotatable bonds is 4. The monoisotopic (exact) mass is 277 g/mol. The van der Waals surface area contributed by atoms with E-state index >= 15 is 0 Å². The predicted octanol–water partition coefficient (Wildman–Crippen LogP) is 2.84. The van der Waals surface area contributed by atoms with Crippen molar-refractivity contribution >= 4 is 11.8 Å². The minimum Gasteiger partial charge on any atom is -0.296 e. The van der Waals surface area contributed by atoms with Crippen molar-refractivity contribution in [1.29, 1.82) is 0 Å². The number of hydrogen-bond acceptors (Lipinski definition) is 2. The number of piperidine rings is 1. The molecule has 1 aromatic rings. The number of hydrogen-bond donors (Lipinski definition) is 1. The summed E-state index contributed by atoms with van der Waals surface area (Å²) in [6, 6.07) is 6.38. The van der Waals surface area contributed by atoms with Gasteiger partial charge in [0, 0.05) is 12.3 Å². The van der Waals surface area contributed by atoms with Crippen molar-refractivity contribution in [3.8, 4) is 0 Å². The SMILES string of the molecule is CCCC1C(=O)NC(=O)CC1(C)Cc1cccc(F)c1. The summed E-state index contributed by atoms with van der Waals surface area (Å²) in [6.45, 7) is 3.97. The van der Waals surface area contributed by atoms with Gasteiger partial charge < -0.3 is 0 Å². The Labute approximate surface area is 118 Å². The van der Waals surface area contributed by atoms with E-state index in [-0.39, 0.29) is 23.5 Å². The minimum absolute atomic E-state index is 0.193. The Bertz CT molecular complexity index is 529. The van der Waals surface area contributed by atoms with E-state index in [1.54, 1.807) is 6.07 Å². The Kier molecular flexibility index (Phi) is 4.21. The maximum atomic E-state index is 13.3. The fourth-order valence-electron chi connectivity index (χ4n) is 3.14. The molecule has 2 rings (SSSR count). The number of benzene rings is 1. The number of amides is 2. The molecular weight excluding hydrogens is 257 g/mol. The lowest BCUT2D eigenvalue weighted by molar-refractivity contribution is -0.143. The summed E-state index contributed by atoms with van der Waals surface area (Å²) in [5.41, 5.74) is 0.388. The summed E-state index contributed by atoms with van der Waals surface area (Å²) in [6.07, 6.45) is 2.46. The first-order chi connectivity index (χ1) is 9.44. The zero-order valence-electron chi connectivity index (χ0n) is 11.9. The molecule has 108 valence electrons. The van der Waals surface area contributed by atoms with Gasteiger partial charge in [0.2, 0.25) is 11.8 Å². The molecule has 1 aliphatic rings. The van der Waals surface area contributed by atoms with Gasteiger partial charge in [-0.05, 0) is 36.0 Å². The average molecular weight is 277 g/mol. The van der Waals surface area contributed by atoms with Gasteiger partial charge in [0.1, 0.15) is 5.82 Å². The van der Waals surface area contributed by atoms with Gasteiger partial charge in [-0.3, -0.25) is 14.9 Å². The second kappa shape index (κ2) is 5.73. The van der Waals surface area contributed by atoms with E-state index in [4.69, 9.17) is 0 Å². The van der Waals surface area contributed by atoms with Crippen LogP contribution in [0, 0.1) is 17.2 Å². The first-order valence-electron chi connectivity index (χ1n) is 7.03. The molecule has 1 fully saturated rings. The average Bonchev–Trinajstić information content (AvgIpc) is 2.33. The van der Waals surface area contributed by atoms with Gasteiger partial charge in [-0.2, -0.15) is 0 Å². The summed E-state index contributed by atoms with van der Waals surface area (Å²) >= 11 is 0. The molecule has 0 aromatic heterocycles. The summed E-state index contributed by atoms with van der Waals surface area (Å²) in [4.78, 5) is 23.8. The second-order valence-electron chi connectivity index (χ2n) is 5.89. The highest BCUT2D eigenvalue weighted by atomic mass is 19.1. The molecule has 1 N–H and O–H groups in total. The summed E-state index contributed by atoms with van der Waals surface area (Å²) in [5, 5.41) is 2.41. The lowest BCUT2D eigenvalue weighted by Crippen LogP contribution is -2.51. The Morgan fingerprint density at radius 1 is 1.40 bits per heavy atom. The van der Waals surface area contributed by atoms with Crippen LogP contribution in [-0.4, -0.2) is 11.8 Å². The van der Waals surface area contributed by atoms with Crippen molar-refractivity contribution < 1.29 is 14.0 Å². The molecule has 0 radical (unpaired) electrons. The molecule has 1 saturated heterocycles. The molecule has 1 heterocycles. The van der Waals surface area contributed by atoms with Crippen molar-refractivity contribution in [2.75, 3.05) is 0 Å². The van der Waals surface area contributed by atoms with Gasteiger partial charge >= 0.3 is 0 Å². The van der Waals surface area contributed by atoms with Crippen molar-refractivity contribution in [3.63, 3.8) is 0 Å². The van der Waals surface area contributed by atoms with Gasteiger partial charge in [-0.25, -0.2) is 4.39 Å². The van der Waals surface area contributed by atoms with E-state index in [1.807, 2.05) is 19.9 Å². The first-order valence-corrected chi connectivity index (χ1v) is 7.03. The fraction of sp³-hybridized carbons (Fsp3) is 0.500. The van der Waals surface area contributed by atoms with Crippen molar-refractivity contribution in [2.24, 2.45) is 11.3 Å². The van der Waals surface area contributed by atoms with E-state index in [1.165, 1.54) is 12.1 Å². The number of imide groups is 1. The number of carbonyl (C=O) groups is 2. The van der Waals surface area contributed by atoms with Crippen molar-refractivity contribution in [3.05, 3.63) is 35.6 Å². The van der Waals surface area contributed by atoms with Gasteiger partial charge in [0.05, 0.1) is 0 Å². The van der Waals surface area contributed by atoms with Gasteiger partial charge in [0.15, 0.2) is 0 Å². The third-order valence-corrected chi connectivity index (χ3v) is 4.06. The molecule has 2 atom stereocenters. The van der Waals surface area contributed by atoms with Crippen molar-refractivity contribution in [1.82, 2.24) is 5.32 Å². The molecule has 1 aromatic carbocycles. The number of carbonyl (C=O) groups excluding carboxylic acids is 2. The molecule has 0 bridgehead atoms. The lowest BCUT2D eigenvalue weighted by atomic mass is 9.66. The highest BCUT2D eigenvalue weighted by Gasteiger charge is 2.44. The first kappa shape index (κ1) is 14.7. The van der Waals surface area contributed by atoms with Crippen LogP contribution in [-0.2, 0) is 16.0 Å². The normalized spacial score (nSPS) is 26.4. The van der Waals surface area contributed by atoms with Crippen LogP contribution in [0.25, 0.3) is 0 Å². The third-order valence-electron chi connectivity index (χ3n) is 4.06. The van der Waals surface area contributed by atoms with Crippen LogP contribution in [0.3, 0.4) is 0 Å². The maximum Gasteiger partial charge on any atom is 0.230 e. The maximum absolute atomic E-state index is 13.3. The highest BCUT2D eigenvalue weighted by molar-refractivity contribution is 5.99. The highest BCUT2D eigenvalue weighted by Crippen LogP contribution is 2.40. The molecule has 2 unspecified atom stereocenters. The lowest BCUT2D eigenvalue weighted by Gasteiger charge is -2.40. The standard InChI is InChI=1S/C16H20FNO2/c1-3-5-13-15(20)18-14(19)10-16(13,2)9-11-6-4-7-12(17)8-11/h4,6-8,13H,3,5,9-10H2,1-2H3,(H,18,19,20). The molecule has 20 heavy (non-hydrogen) atoms. The Balaban J connectivity index is 2.27. The zero-order chi connectivity index (χ0) is 14.8. The molecule has 2 amide bonds. The molecule has 1 aliphatic heterocycles. The van der Waals surface area contributed by atoms with Crippen LogP contribution >= 0.6 is 0 Å². The molecule has 4 heteroatoms. The summed E-state index contributed by atoms with van der Waals surface area (Å²) < 4.78 is 13.3. The van der Waals surface area contributed by atoms with Gasteiger partial charge in [-0.15, -0.1) is 0 Å². The second-order valence-corrected chi connectivity index (χ2v) is 5.89. The molecular formula is C16H20FNO2. The van der Waals surface area contributed by atoms with Crippen LogP contribution in [0.2, 0.25) is 0 Å². The number of halogens is 1. The van der Waals surface area contributed by atoms with E-state index in [0.29, 0.717) is 12.8 Å². The predicted molar refractivity (Wildman–Crippen MR) is 74.4 cm³/mol. The molecule has 0 spiro atoms. The van der Waals surface area contributed by atoms with Gasteiger partial charge in [-0.1, -0.05) is 32.4 Å². The fourth-order valence-corrected chi connectivity index (χ4v) is 3.14. The smallest absolute Gasteiger partial charge is 0.230 e. The quantitative estimate of drug-likeness (QED) is 0.860. The number of nitrogens with one attached hydrogen (secondary N) is 1. The molecule has 3 nitrogen and oxygen atoms in total. The molecule has 0 aliphatic carbocycles. The Hall–Kier alpha value is -1.71. The van der Waals surface area contributed by atoms with Crippen LogP contribution in [0.4, 0.5) is 4.39 Å². The minimum atomic E-state index is -0.441. The largest absolute Gasteiger partial charge is 0.296 e. The van der Waals surface area contributed by atoms with E-state index in [2.05, 4.69) is 5.32 Å². The van der Waals surface area contributed by atoms with Crippen molar-refractivity contribution in [2.45, 2.75) is 39.5 Å². The summed E-state index contributed by atoms with van der Waals surface area (Å²) in [7, 11) is 0. The van der Waals surface area contributed by atoms with Crippen LogP contribution in [0.5, 0.6) is 0 Å². The molecule has 0 saturated carbocycles. The van der Waals surface area contributed by atoms with Crippen LogP contribution in [0.15, 0.2) is 24.3 Å².